The van der Waals surface area contributed by atoms with Crippen molar-refractivity contribution in [2.45, 2.75) is 33.2 Å². The van der Waals surface area contributed by atoms with E-state index in [1.807, 2.05) is 20.8 Å². The number of nitrogens with two attached hydrogens (primary N) is 1. The van der Waals surface area contributed by atoms with E-state index < -0.39 is 0 Å². The predicted octanol–water partition coefficient (Wildman–Crippen LogP) is 1.31. The van der Waals surface area contributed by atoms with Gasteiger partial charge in [0.05, 0.1) is 5.69 Å². The van der Waals surface area contributed by atoms with E-state index in [9.17, 15) is 9.59 Å². The molecule has 6 heteroatoms. The number of benzene rings is 1. The number of rotatable bonds is 7. The van der Waals surface area contributed by atoms with Crippen LogP contribution in [0.4, 0.5) is 5.69 Å². The van der Waals surface area contributed by atoms with Gasteiger partial charge < -0.3 is 21.1 Å². The van der Waals surface area contributed by atoms with Gasteiger partial charge in [-0.25, -0.2) is 0 Å². The molecule has 6 nitrogen and oxygen atoms in total. The Hall–Kier alpha value is -2.24. The van der Waals surface area contributed by atoms with Gasteiger partial charge in [0.1, 0.15) is 5.75 Å². The van der Waals surface area contributed by atoms with E-state index in [-0.39, 0.29) is 24.5 Å². The topological polar surface area (TPSA) is 93.4 Å². The minimum atomic E-state index is -0.215. The van der Waals surface area contributed by atoms with Crippen LogP contribution in [0.3, 0.4) is 0 Å². The number of ether oxygens (including phenoxy) is 1. The van der Waals surface area contributed by atoms with Crippen LogP contribution in [0.5, 0.6) is 5.75 Å². The number of nitrogens with one attached hydrogen (secondary N) is 2. The number of hydrogen-bond acceptors (Lipinski definition) is 4. The molecule has 21 heavy (non-hydrogen) atoms. The van der Waals surface area contributed by atoms with Crippen LogP contribution in [0, 0.1) is 0 Å². The summed E-state index contributed by atoms with van der Waals surface area (Å²) in [6, 6.07) is 4.80. The molecule has 0 saturated heterocycles. The van der Waals surface area contributed by atoms with Crippen molar-refractivity contribution in [2.24, 2.45) is 0 Å². The lowest BCUT2D eigenvalue weighted by atomic mass is 10.1. The number of anilines is 1. The number of carbonyl (C=O) groups is 2. The summed E-state index contributed by atoms with van der Waals surface area (Å²) in [7, 11) is 0. The average Bonchev–Trinajstić information content (AvgIpc) is 2.43. The molecule has 0 radical (unpaired) electrons. The molecule has 1 rings (SSSR count). The Morgan fingerprint density at radius 3 is 2.67 bits per heavy atom. The molecule has 1 aromatic rings. The third-order valence-corrected chi connectivity index (χ3v) is 2.63. The minimum absolute atomic E-state index is 0.0410. The maximum atomic E-state index is 11.9. The highest BCUT2D eigenvalue weighted by Gasteiger charge is 2.11. The highest BCUT2D eigenvalue weighted by Crippen LogP contribution is 2.22. The maximum absolute atomic E-state index is 11.9. The largest absolute Gasteiger partial charge is 0.482 e. The molecule has 4 N–H and O–H groups in total. The lowest BCUT2D eigenvalue weighted by Gasteiger charge is -2.12. The molecule has 2 amide bonds. The first-order valence-corrected chi connectivity index (χ1v) is 7.04. The average molecular weight is 293 g/mol. The maximum Gasteiger partial charge on any atom is 0.257 e. The molecule has 0 aliphatic heterocycles. The van der Waals surface area contributed by atoms with E-state index >= 15 is 0 Å². The van der Waals surface area contributed by atoms with Crippen molar-refractivity contribution in [1.29, 1.82) is 0 Å². The molecule has 116 valence electrons. The van der Waals surface area contributed by atoms with Crippen LogP contribution in [0.25, 0.3) is 0 Å². The standard InChI is InChI=1S/C15H23N3O3/c1-4-7-17-14(19)9-21-13-8-11(5-6-12(13)16)15(20)18-10(2)3/h5-6,8,10H,4,7,9,16H2,1-3H3,(H,17,19)(H,18,20). The summed E-state index contributed by atoms with van der Waals surface area (Å²) in [6.07, 6.45) is 0.860. The third-order valence-electron chi connectivity index (χ3n) is 2.63. The van der Waals surface area contributed by atoms with Crippen LogP contribution in [0.2, 0.25) is 0 Å². The van der Waals surface area contributed by atoms with E-state index in [0.717, 1.165) is 6.42 Å². The lowest BCUT2D eigenvalue weighted by Crippen LogP contribution is -2.30. The zero-order valence-electron chi connectivity index (χ0n) is 12.7. The van der Waals surface area contributed by atoms with E-state index in [0.29, 0.717) is 23.5 Å². The Bertz CT molecular complexity index is 501. The second kappa shape index (κ2) is 8.14. The molecule has 0 heterocycles. The molecule has 0 fully saturated rings. The summed E-state index contributed by atoms with van der Waals surface area (Å²) in [5.74, 6) is -0.0865. The summed E-state index contributed by atoms with van der Waals surface area (Å²) < 4.78 is 5.37. The van der Waals surface area contributed by atoms with Gasteiger partial charge in [0.15, 0.2) is 6.61 Å². The Morgan fingerprint density at radius 2 is 2.05 bits per heavy atom. The summed E-state index contributed by atoms with van der Waals surface area (Å²) in [5, 5.41) is 5.49. The van der Waals surface area contributed by atoms with E-state index in [2.05, 4.69) is 10.6 Å². The molecular formula is C15H23N3O3. The molecule has 0 bridgehead atoms. The van der Waals surface area contributed by atoms with Crippen LogP contribution >= 0.6 is 0 Å². The normalized spacial score (nSPS) is 10.3. The van der Waals surface area contributed by atoms with E-state index in [1.165, 1.54) is 0 Å². The zero-order valence-corrected chi connectivity index (χ0v) is 12.7. The Balaban J connectivity index is 2.69. The summed E-state index contributed by atoms with van der Waals surface area (Å²) >= 11 is 0. The predicted molar refractivity (Wildman–Crippen MR) is 82.3 cm³/mol. The van der Waals surface area contributed by atoms with Crippen molar-refractivity contribution >= 4 is 17.5 Å². The summed E-state index contributed by atoms with van der Waals surface area (Å²) in [6.45, 7) is 6.21. The molecule has 0 saturated carbocycles. The van der Waals surface area contributed by atoms with Gasteiger partial charge in [-0.2, -0.15) is 0 Å². The van der Waals surface area contributed by atoms with Gasteiger partial charge in [-0.3, -0.25) is 9.59 Å². The van der Waals surface area contributed by atoms with Crippen molar-refractivity contribution in [3.63, 3.8) is 0 Å². The monoisotopic (exact) mass is 293 g/mol. The Morgan fingerprint density at radius 1 is 1.33 bits per heavy atom. The van der Waals surface area contributed by atoms with Crippen molar-refractivity contribution < 1.29 is 14.3 Å². The molecule has 0 aliphatic rings. The minimum Gasteiger partial charge on any atom is -0.482 e. The van der Waals surface area contributed by atoms with Crippen molar-refractivity contribution in [2.75, 3.05) is 18.9 Å². The summed E-state index contributed by atoms with van der Waals surface area (Å²) in [5.41, 5.74) is 6.62. The van der Waals surface area contributed by atoms with Gasteiger partial charge in [-0.15, -0.1) is 0 Å². The van der Waals surface area contributed by atoms with Crippen molar-refractivity contribution in [3.05, 3.63) is 23.8 Å². The number of amides is 2. The fraction of sp³-hybridized carbons (Fsp3) is 0.467. The van der Waals surface area contributed by atoms with Crippen LogP contribution in [0.15, 0.2) is 18.2 Å². The first-order valence-electron chi connectivity index (χ1n) is 7.04. The van der Waals surface area contributed by atoms with Gasteiger partial charge >= 0.3 is 0 Å². The fourth-order valence-electron chi connectivity index (χ4n) is 1.60. The van der Waals surface area contributed by atoms with Crippen LogP contribution in [-0.4, -0.2) is 31.0 Å². The third kappa shape index (κ3) is 5.72. The van der Waals surface area contributed by atoms with Gasteiger partial charge in [0.25, 0.3) is 11.8 Å². The molecule has 0 aromatic heterocycles. The quantitative estimate of drug-likeness (QED) is 0.661. The van der Waals surface area contributed by atoms with Crippen molar-refractivity contribution in [3.8, 4) is 5.75 Å². The highest BCUT2D eigenvalue weighted by molar-refractivity contribution is 5.95. The number of nitrogen functional groups attached to an aromatic ring is 1. The van der Waals surface area contributed by atoms with Gasteiger partial charge in [-0.1, -0.05) is 6.92 Å². The first kappa shape index (κ1) is 16.8. The molecule has 0 aliphatic carbocycles. The number of carbonyl (C=O) groups excluding carboxylic acids is 2. The first-order chi connectivity index (χ1) is 9.93. The van der Waals surface area contributed by atoms with Crippen molar-refractivity contribution in [1.82, 2.24) is 10.6 Å². The fourth-order valence-corrected chi connectivity index (χ4v) is 1.60. The van der Waals surface area contributed by atoms with Gasteiger partial charge in [0, 0.05) is 18.2 Å². The van der Waals surface area contributed by atoms with Crippen LogP contribution in [-0.2, 0) is 4.79 Å². The smallest absolute Gasteiger partial charge is 0.257 e. The molecule has 0 spiro atoms. The van der Waals surface area contributed by atoms with E-state index in [4.69, 9.17) is 10.5 Å². The molecule has 0 unspecified atom stereocenters. The SMILES string of the molecule is CCCNC(=O)COc1cc(C(=O)NC(C)C)ccc1N. The second-order valence-corrected chi connectivity index (χ2v) is 5.02. The molecule has 1 aromatic carbocycles. The zero-order chi connectivity index (χ0) is 15.8. The van der Waals surface area contributed by atoms with E-state index in [1.54, 1.807) is 18.2 Å². The van der Waals surface area contributed by atoms with Crippen LogP contribution < -0.4 is 21.1 Å². The molecule has 0 atom stereocenters. The Kier molecular flexibility index (Phi) is 6.52. The lowest BCUT2D eigenvalue weighted by molar-refractivity contribution is -0.123. The highest BCUT2D eigenvalue weighted by atomic mass is 16.5. The molecular weight excluding hydrogens is 270 g/mol. The van der Waals surface area contributed by atoms with Gasteiger partial charge in [0.2, 0.25) is 0 Å². The second-order valence-electron chi connectivity index (χ2n) is 5.02. The van der Waals surface area contributed by atoms with Crippen LogP contribution in [0.1, 0.15) is 37.6 Å². The van der Waals surface area contributed by atoms with Gasteiger partial charge in [-0.05, 0) is 38.5 Å². The number of hydrogen-bond donors (Lipinski definition) is 3. The summed E-state index contributed by atoms with van der Waals surface area (Å²) in [4.78, 5) is 23.4. The Labute approximate surface area is 125 Å².